The maximum atomic E-state index is 11.1. The molecule has 1 unspecified atom stereocenters. The summed E-state index contributed by atoms with van der Waals surface area (Å²) in [6.07, 6.45) is 18.9. The van der Waals surface area contributed by atoms with Crippen molar-refractivity contribution in [2.75, 3.05) is 0 Å². The molecule has 5 nitrogen and oxygen atoms in total. The first kappa shape index (κ1) is 26.5. The molecule has 0 spiro atoms. The van der Waals surface area contributed by atoms with E-state index in [0.717, 1.165) is 43.4 Å². The molecule has 7 atom stereocenters. The van der Waals surface area contributed by atoms with E-state index in [4.69, 9.17) is 4.42 Å². The number of aliphatic hydroxyl groups is 3. The van der Waals surface area contributed by atoms with Crippen LogP contribution in [0.25, 0.3) is 0 Å². The second-order valence-corrected chi connectivity index (χ2v) is 12.5. The number of hydrogen-bond donors (Lipinski definition) is 3. The number of aryl methyl sites for hydroxylation is 1. The van der Waals surface area contributed by atoms with Crippen molar-refractivity contribution in [2.24, 2.45) is 29.1 Å². The second-order valence-electron chi connectivity index (χ2n) is 12.5. The van der Waals surface area contributed by atoms with E-state index in [1.165, 1.54) is 25.7 Å². The summed E-state index contributed by atoms with van der Waals surface area (Å²) in [6, 6.07) is 0. The highest BCUT2D eigenvalue weighted by atomic mass is 16.3. The van der Waals surface area contributed by atoms with Crippen molar-refractivity contribution in [2.45, 2.75) is 103 Å². The van der Waals surface area contributed by atoms with Crippen LogP contribution in [-0.2, 0) is 11.8 Å². The number of aromatic nitrogens is 1. The molecule has 5 rings (SSSR count). The minimum absolute atomic E-state index is 0.0109. The van der Waals surface area contributed by atoms with Crippen molar-refractivity contribution >= 4 is 0 Å². The van der Waals surface area contributed by atoms with E-state index in [-0.39, 0.29) is 28.9 Å². The Balaban J connectivity index is 1.26. The molecular weight excluding hydrogens is 462 g/mol. The predicted molar refractivity (Wildman–Crippen MR) is 146 cm³/mol. The number of fused-ring (bicyclic) bond motifs is 1. The van der Waals surface area contributed by atoms with Gasteiger partial charge in [0.2, 0.25) is 5.89 Å². The molecule has 1 aromatic rings. The average molecular weight is 508 g/mol. The molecule has 4 aliphatic rings. The van der Waals surface area contributed by atoms with Crippen LogP contribution in [0, 0.1) is 29.1 Å². The normalized spacial score (nSPS) is 36.0. The Bertz CT molecular complexity index is 1090. The van der Waals surface area contributed by atoms with Gasteiger partial charge < -0.3 is 19.7 Å². The van der Waals surface area contributed by atoms with E-state index >= 15 is 0 Å². The van der Waals surface area contributed by atoms with Gasteiger partial charge in [0.05, 0.1) is 29.1 Å². The van der Waals surface area contributed by atoms with Gasteiger partial charge in [-0.15, -0.1) is 0 Å². The van der Waals surface area contributed by atoms with Gasteiger partial charge in [-0.25, -0.2) is 4.98 Å². The molecule has 3 N–H and O–H groups in total. The van der Waals surface area contributed by atoms with Gasteiger partial charge in [-0.2, -0.15) is 0 Å². The number of hydrogen-bond acceptors (Lipinski definition) is 5. The first-order valence-corrected chi connectivity index (χ1v) is 14.4. The maximum absolute atomic E-state index is 11.1. The third kappa shape index (κ3) is 4.90. The fourth-order valence-electron chi connectivity index (χ4n) is 7.74. The van der Waals surface area contributed by atoms with Gasteiger partial charge >= 0.3 is 0 Å². The molecule has 0 amide bonds. The smallest absolute Gasteiger partial charge is 0.203 e. The summed E-state index contributed by atoms with van der Waals surface area (Å²) in [6.45, 7) is 11.0. The Morgan fingerprint density at radius 2 is 2.03 bits per heavy atom. The topological polar surface area (TPSA) is 86.7 Å². The molecule has 1 heterocycles. The van der Waals surface area contributed by atoms with Crippen molar-refractivity contribution < 1.29 is 19.7 Å². The molecule has 202 valence electrons. The molecule has 1 aromatic heterocycles. The summed E-state index contributed by atoms with van der Waals surface area (Å²) in [4.78, 5) is 4.62. The van der Waals surface area contributed by atoms with Gasteiger partial charge in [-0.05, 0) is 92.6 Å². The first-order chi connectivity index (χ1) is 17.7. The molecule has 3 fully saturated rings. The van der Waals surface area contributed by atoms with Crippen molar-refractivity contribution in [3.8, 4) is 0 Å². The summed E-state index contributed by atoms with van der Waals surface area (Å²) in [5.41, 5.74) is 3.25. The minimum atomic E-state index is -0.643. The number of rotatable bonds is 8. The maximum Gasteiger partial charge on any atom is 0.203 e. The Kier molecular flexibility index (Phi) is 7.32. The van der Waals surface area contributed by atoms with Crippen molar-refractivity contribution in [3.05, 3.63) is 65.6 Å². The van der Waals surface area contributed by atoms with Crippen molar-refractivity contribution in [1.82, 2.24) is 4.98 Å². The lowest BCUT2D eigenvalue weighted by atomic mass is 9.61. The Morgan fingerprint density at radius 3 is 2.73 bits per heavy atom. The van der Waals surface area contributed by atoms with E-state index < -0.39 is 12.2 Å². The number of allylic oxidation sites excluding steroid dienone is 4. The van der Waals surface area contributed by atoms with Gasteiger partial charge in [0.25, 0.3) is 0 Å². The van der Waals surface area contributed by atoms with Crippen LogP contribution in [0.4, 0.5) is 0 Å². The zero-order valence-corrected chi connectivity index (χ0v) is 22.8. The molecule has 0 saturated heterocycles. The van der Waals surface area contributed by atoms with Gasteiger partial charge in [0, 0.05) is 12.3 Å². The molecule has 37 heavy (non-hydrogen) atoms. The van der Waals surface area contributed by atoms with Crippen LogP contribution in [0.3, 0.4) is 0 Å². The molecule has 0 aromatic carbocycles. The number of nitrogens with zero attached hydrogens (tertiary/aromatic N) is 1. The largest absolute Gasteiger partial charge is 0.513 e. The molecule has 0 aliphatic heterocycles. The lowest BCUT2D eigenvalue weighted by Gasteiger charge is -2.44. The Hall–Kier alpha value is -2.11. The summed E-state index contributed by atoms with van der Waals surface area (Å²) >= 11 is 0. The summed E-state index contributed by atoms with van der Waals surface area (Å²) in [5.74, 6) is 2.55. The SMILES string of the molecule is C=C1C(C/C=C2\CCC[C@]3(C)[C@@H]([C@@H](C)/C=C/[C@H](O)C4(c5nc(CC)co5)CC4)CC[C@@H]23)C=C(O)C[C@@H]1O. The highest BCUT2D eigenvalue weighted by molar-refractivity contribution is 5.27. The standard InChI is InChI=1S/C32H45NO4/c1-5-24-19-37-30(33-24)32(15-16-32)29(36)13-8-20(2)26-11-12-27-22(7-6-14-31(26,27)4)9-10-23-17-25(34)18-28(35)21(23)3/h8-9,13,17,19-20,23,26-29,34-36H,3,5-7,10-12,14-16,18H2,1-2,4H3/b13-8+,22-9+/t20-,23?,26+,27-,28-,29-,31+/m0/s1. The first-order valence-electron chi connectivity index (χ1n) is 14.4. The molecule has 5 heteroatoms. The zero-order valence-electron chi connectivity index (χ0n) is 22.8. The molecule has 0 radical (unpaired) electrons. The molecule has 0 bridgehead atoms. The minimum Gasteiger partial charge on any atom is -0.513 e. The van der Waals surface area contributed by atoms with Crippen LogP contribution in [0.15, 0.2) is 58.5 Å². The van der Waals surface area contributed by atoms with E-state index in [9.17, 15) is 15.3 Å². The van der Waals surface area contributed by atoms with Crippen molar-refractivity contribution in [3.63, 3.8) is 0 Å². The molecule has 3 saturated carbocycles. The number of aliphatic hydroxyl groups excluding tert-OH is 3. The molecular formula is C32H45NO4. The summed E-state index contributed by atoms with van der Waals surface area (Å²) < 4.78 is 5.75. The van der Waals surface area contributed by atoms with Gasteiger partial charge in [-0.1, -0.05) is 51.2 Å². The van der Waals surface area contributed by atoms with Crippen LogP contribution in [0.1, 0.15) is 90.1 Å². The van der Waals surface area contributed by atoms with Crippen molar-refractivity contribution in [1.29, 1.82) is 0 Å². The Labute approximate surface area is 222 Å². The van der Waals surface area contributed by atoms with Crippen LogP contribution in [0.5, 0.6) is 0 Å². The average Bonchev–Trinajstić information content (AvgIpc) is 3.39. The zero-order chi connectivity index (χ0) is 26.4. The van der Waals surface area contributed by atoms with E-state index in [0.29, 0.717) is 23.6 Å². The van der Waals surface area contributed by atoms with Gasteiger partial charge in [0.1, 0.15) is 6.26 Å². The highest BCUT2D eigenvalue weighted by Gasteiger charge is 2.54. The van der Waals surface area contributed by atoms with E-state index in [2.05, 4.69) is 44.5 Å². The predicted octanol–water partition coefficient (Wildman–Crippen LogP) is 6.73. The molecule has 4 aliphatic carbocycles. The van der Waals surface area contributed by atoms with Gasteiger partial charge in [0.15, 0.2) is 0 Å². The summed E-state index contributed by atoms with van der Waals surface area (Å²) in [7, 11) is 0. The van der Waals surface area contributed by atoms with Crippen LogP contribution >= 0.6 is 0 Å². The summed E-state index contributed by atoms with van der Waals surface area (Å²) in [5, 5.41) is 31.3. The monoisotopic (exact) mass is 507 g/mol. The number of oxazole rings is 1. The van der Waals surface area contributed by atoms with Crippen LogP contribution in [0.2, 0.25) is 0 Å². The van der Waals surface area contributed by atoms with E-state index in [1.54, 1.807) is 11.8 Å². The lowest BCUT2D eigenvalue weighted by molar-refractivity contribution is 0.110. The van der Waals surface area contributed by atoms with Crippen LogP contribution in [-0.4, -0.2) is 32.5 Å². The Morgan fingerprint density at radius 1 is 1.24 bits per heavy atom. The van der Waals surface area contributed by atoms with Gasteiger partial charge in [-0.3, -0.25) is 0 Å². The third-order valence-corrected chi connectivity index (χ3v) is 10.3. The van der Waals surface area contributed by atoms with Crippen LogP contribution < -0.4 is 0 Å². The fourth-order valence-corrected chi connectivity index (χ4v) is 7.74. The quantitative estimate of drug-likeness (QED) is 0.340. The third-order valence-electron chi connectivity index (χ3n) is 10.3. The lowest BCUT2D eigenvalue weighted by Crippen LogP contribution is -2.35. The van der Waals surface area contributed by atoms with E-state index in [1.807, 2.05) is 12.2 Å². The second kappa shape index (κ2) is 10.2. The highest BCUT2D eigenvalue weighted by Crippen LogP contribution is 2.60. The fraction of sp³-hybridized carbons (Fsp3) is 0.656.